The highest BCUT2D eigenvalue weighted by molar-refractivity contribution is 5.92. The third kappa shape index (κ3) is 2.66. The second-order valence-corrected chi connectivity index (χ2v) is 5.34. The van der Waals surface area contributed by atoms with E-state index in [1.54, 1.807) is 6.92 Å². The molecule has 0 aliphatic carbocycles. The Balaban J connectivity index is 2.01. The number of rotatable bonds is 3. The number of phenols is 1. The minimum absolute atomic E-state index is 0.0557. The van der Waals surface area contributed by atoms with Crippen molar-refractivity contribution in [3.8, 4) is 11.5 Å². The molecule has 0 saturated carbocycles. The van der Waals surface area contributed by atoms with Crippen molar-refractivity contribution in [3.05, 3.63) is 34.4 Å². The number of aliphatic hydroxyl groups is 3. The summed E-state index contributed by atoms with van der Waals surface area (Å²) < 4.78 is 15.7. The van der Waals surface area contributed by atoms with Gasteiger partial charge in [-0.25, -0.2) is 4.79 Å². The van der Waals surface area contributed by atoms with E-state index in [1.165, 1.54) is 18.2 Å². The maximum atomic E-state index is 11.9. The Morgan fingerprint density at radius 2 is 2.00 bits per heavy atom. The lowest BCUT2D eigenvalue weighted by molar-refractivity contribution is -0.115. The first-order chi connectivity index (χ1) is 10.9. The topological polar surface area (TPSA) is 130 Å². The van der Waals surface area contributed by atoms with Gasteiger partial charge in [-0.05, 0) is 25.1 Å². The van der Waals surface area contributed by atoms with Crippen LogP contribution in [-0.2, 0) is 4.74 Å². The van der Waals surface area contributed by atoms with Gasteiger partial charge in [-0.1, -0.05) is 0 Å². The van der Waals surface area contributed by atoms with Crippen molar-refractivity contribution < 1.29 is 34.3 Å². The van der Waals surface area contributed by atoms with Gasteiger partial charge >= 0.3 is 5.63 Å². The molecule has 0 unspecified atom stereocenters. The van der Waals surface area contributed by atoms with Gasteiger partial charge in [-0.2, -0.15) is 0 Å². The quantitative estimate of drug-likeness (QED) is 0.601. The Kier molecular flexibility index (Phi) is 3.99. The average molecular weight is 324 g/mol. The van der Waals surface area contributed by atoms with Gasteiger partial charge in [0.1, 0.15) is 41.0 Å². The van der Waals surface area contributed by atoms with Gasteiger partial charge in [0.2, 0.25) is 6.29 Å². The number of aromatic hydroxyl groups is 1. The molecule has 1 aliphatic heterocycles. The van der Waals surface area contributed by atoms with Crippen molar-refractivity contribution >= 4 is 10.8 Å². The first-order valence-electron chi connectivity index (χ1n) is 6.98. The molecule has 4 N–H and O–H groups in total. The minimum Gasteiger partial charge on any atom is -0.507 e. The molecule has 1 aromatic heterocycles. The Labute approximate surface area is 130 Å². The summed E-state index contributed by atoms with van der Waals surface area (Å²) in [5.41, 5.74) is -0.718. The van der Waals surface area contributed by atoms with Crippen LogP contribution < -0.4 is 10.4 Å². The van der Waals surface area contributed by atoms with Gasteiger partial charge in [0.25, 0.3) is 0 Å². The smallest absolute Gasteiger partial charge is 0.347 e. The van der Waals surface area contributed by atoms with Crippen LogP contribution in [0.5, 0.6) is 11.5 Å². The van der Waals surface area contributed by atoms with E-state index in [1.807, 2.05) is 0 Å². The molecule has 8 nitrogen and oxygen atoms in total. The van der Waals surface area contributed by atoms with Gasteiger partial charge in [0.15, 0.2) is 0 Å². The standard InChI is InChI=1S/C15H16O8/c1-6-4-7-9(3-2-8(17)11(7)14(20)21-6)22-15-13(19)12(18)10(5-16)23-15/h2-4,10,12-13,15-19H,5H2,1H3/t10-,12-,13-,15+/m1/s1. The van der Waals surface area contributed by atoms with E-state index in [2.05, 4.69) is 0 Å². The third-order valence-electron chi connectivity index (χ3n) is 3.73. The second-order valence-electron chi connectivity index (χ2n) is 5.34. The van der Waals surface area contributed by atoms with Crippen LogP contribution >= 0.6 is 0 Å². The number of hydrogen-bond acceptors (Lipinski definition) is 8. The number of hydrogen-bond donors (Lipinski definition) is 4. The molecule has 4 atom stereocenters. The molecular weight excluding hydrogens is 308 g/mol. The number of fused-ring (bicyclic) bond motifs is 1. The summed E-state index contributed by atoms with van der Waals surface area (Å²) in [6.07, 6.45) is -4.84. The summed E-state index contributed by atoms with van der Waals surface area (Å²) in [4.78, 5) is 11.9. The lowest BCUT2D eigenvalue weighted by Crippen LogP contribution is -2.35. The van der Waals surface area contributed by atoms with E-state index in [4.69, 9.17) is 19.0 Å². The molecule has 0 spiro atoms. The maximum absolute atomic E-state index is 11.9. The fourth-order valence-electron chi connectivity index (χ4n) is 2.57. The van der Waals surface area contributed by atoms with Crippen LogP contribution in [0.4, 0.5) is 0 Å². The number of benzene rings is 1. The summed E-state index contributed by atoms with van der Waals surface area (Å²) in [7, 11) is 0. The number of ether oxygens (including phenoxy) is 2. The van der Waals surface area contributed by atoms with Crippen molar-refractivity contribution in [1.82, 2.24) is 0 Å². The lowest BCUT2D eigenvalue weighted by Gasteiger charge is -2.18. The van der Waals surface area contributed by atoms with E-state index in [-0.39, 0.29) is 22.3 Å². The highest BCUT2D eigenvalue weighted by atomic mass is 16.7. The molecule has 1 aliphatic rings. The fourth-order valence-corrected chi connectivity index (χ4v) is 2.57. The molecule has 1 saturated heterocycles. The van der Waals surface area contributed by atoms with Crippen molar-refractivity contribution in [1.29, 1.82) is 0 Å². The monoisotopic (exact) mass is 324 g/mol. The van der Waals surface area contributed by atoms with Gasteiger partial charge in [0, 0.05) is 5.39 Å². The predicted molar refractivity (Wildman–Crippen MR) is 77.3 cm³/mol. The van der Waals surface area contributed by atoms with Crippen LogP contribution in [0.1, 0.15) is 5.76 Å². The zero-order valence-corrected chi connectivity index (χ0v) is 12.2. The van der Waals surface area contributed by atoms with Crippen molar-refractivity contribution in [2.45, 2.75) is 31.5 Å². The van der Waals surface area contributed by atoms with Crippen LogP contribution in [0.25, 0.3) is 10.8 Å². The molecule has 2 heterocycles. The molecule has 0 radical (unpaired) electrons. The van der Waals surface area contributed by atoms with Gasteiger partial charge < -0.3 is 34.3 Å². The normalized spacial score (nSPS) is 27.5. The second kappa shape index (κ2) is 5.82. The summed E-state index contributed by atoms with van der Waals surface area (Å²) in [5, 5.41) is 38.8. The molecule has 1 fully saturated rings. The van der Waals surface area contributed by atoms with Crippen molar-refractivity contribution in [2.75, 3.05) is 6.61 Å². The van der Waals surface area contributed by atoms with Crippen molar-refractivity contribution in [3.63, 3.8) is 0 Å². The van der Waals surface area contributed by atoms with Gasteiger partial charge in [-0.3, -0.25) is 0 Å². The van der Waals surface area contributed by atoms with E-state index < -0.39 is 36.8 Å². The molecular formula is C15H16O8. The highest BCUT2D eigenvalue weighted by Crippen LogP contribution is 2.33. The Morgan fingerprint density at radius 1 is 1.26 bits per heavy atom. The minimum atomic E-state index is -1.36. The number of phenolic OH excluding ortho intramolecular Hbond substituents is 1. The zero-order chi connectivity index (χ0) is 16.7. The van der Waals surface area contributed by atoms with Crippen LogP contribution in [0.15, 0.2) is 27.4 Å². The van der Waals surface area contributed by atoms with E-state index in [0.29, 0.717) is 5.76 Å². The maximum Gasteiger partial charge on any atom is 0.347 e. The molecule has 23 heavy (non-hydrogen) atoms. The Hall–Kier alpha value is -2.13. The number of aryl methyl sites for hydroxylation is 1. The van der Waals surface area contributed by atoms with E-state index >= 15 is 0 Å². The van der Waals surface area contributed by atoms with Crippen LogP contribution in [-0.4, -0.2) is 51.6 Å². The van der Waals surface area contributed by atoms with Crippen LogP contribution in [0, 0.1) is 6.92 Å². The van der Waals surface area contributed by atoms with Crippen LogP contribution in [0.3, 0.4) is 0 Å². The lowest BCUT2D eigenvalue weighted by atomic mass is 10.1. The molecule has 8 heteroatoms. The van der Waals surface area contributed by atoms with Gasteiger partial charge in [0.05, 0.1) is 6.61 Å². The Morgan fingerprint density at radius 3 is 2.65 bits per heavy atom. The molecule has 2 aromatic rings. The summed E-state index contributed by atoms with van der Waals surface area (Å²) in [5.74, 6) is 0.227. The Bertz CT molecular complexity index is 783. The van der Waals surface area contributed by atoms with E-state index in [9.17, 15) is 20.1 Å². The largest absolute Gasteiger partial charge is 0.507 e. The summed E-state index contributed by atoms with van der Waals surface area (Å²) in [6, 6.07) is 4.17. The molecule has 3 rings (SSSR count). The van der Waals surface area contributed by atoms with Crippen molar-refractivity contribution in [2.24, 2.45) is 0 Å². The third-order valence-corrected chi connectivity index (χ3v) is 3.73. The van der Waals surface area contributed by atoms with Crippen LogP contribution in [0.2, 0.25) is 0 Å². The average Bonchev–Trinajstić information content (AvgIpc) is 2.77. The fraction of sp³-hybridized carbons (Fsp3) is 0.400. The summed E-state index contributed by atoms with van der Waals surface area (Å²) >= 11 is 0. The molecule has 1 aromatic carbocycles. The molecule has 0 amide bonds. The van der Waals surface area contributed by atoms with E-state index in [0.717, 1.165) is 0 Å². The highest BCUT2D eigenvalue weighted by Gasteiger charge is 2.44. The first kappa shape index (κ1) is 15.8. The van der Waals surface area contributed by atoms with Gasteiger partial charge in [-0.15, -0.1) is 0 Å². The molecule has 0 bridgehead atoms. The number of aliphatic hydroxyl groups excluding tert-OH is 3. The summed E-state index contributed by atoms with van der Waals surface area (Å²) in [6.45, 7) is 1.10. The zero-order valence-electron chi connectivity index (χ0n) is 12.2. The molecule has 124 valence electrons. The SMILES string of the molecule is Cc1cc2c(O[C@H]3O[C@H](CO)[C@@H](O)[C@H]3O)ccc(O)c2c(=O)o1. The predicted octanol–water partition coefficient (Wildman–Crippen LogP) is -0.375. The first-order valence-corrected chi connectivity index (χ1v) is 6.98.